The second-order valence-corrected chi connectivity index (χ2v) is 5.99. The van der Waals surface area contributed by atoms with Crippen LogP contribution in [0.5, 0.6) is 11.5 Å². The molecule has 3 rings (SSSR count). The van der Waals surface area contributed by atoms with Gasteiger partial charge in [-0.1, -0.05) is 42.5 Å². The first-order valence-electron chi connectivity index (χ1n) is 8.78. The van der Waals surface area contributed by atoms with E-state index in [1.165, 1.54) is 0 Å². The molecule has 4 heteroatoms. The van der Waals surface area contributed by atoms with E-state index in [1.807, 2.05) is 67.6 Å². The van der Waals surface area contributed by atoms with Crippen LogP contribution in [-0.2, 0) is 11.2 Å². The topological polar surface area (TPSA) is 47.6 Å². The fourth-order valence-corrected chi connectivity index (χ4v) is 2.95. The lowest BCUT2D eigenvalue weighted by Gasteiger charge is -2.11. The maximum atomic E-state index is 12.4. The van der Waals surface area contributed by atoms with Gasteiger partial charge in [-0.05, 0) is 42.5 Å². The number of hydrogen-bond acceptors (Lipinski definition) is 3. The lowest BCUT2D eigenvalue weighted by molar-refractivity contribution is -0.116. The van der Waals surface area contributed by atoms with Crippen molar-refractivity contribution in [2.24, 2.45) is 0 Å². The van der Waals surface area contributed by atoms with E-state index in [1.54, 1.807) is 7.11 Å². The third-order valence-electron chi connectivity index (χ3n) is 4.23. The molecule has 0 fully saturated rings. The van der Waals surface area contributed by atoms with E-state index in [4.69, 9.17) is 9.47 Å². The molecule has 0 aliphatic carbocycles. The van der Waals surface area contributed by atoms with Crippen LogP contribution in [-0.4, -0.2) is 19.6 Å². The number of anilines is 1. The molecule has 0 bridgehead atoms. The molecule has 1 N–H and O–H groups in total. The molecule has 3 aromatic carbocycles. The Hall–Kier alpha value is -3.01. The molecule has 0 aliphatic rings. The van der Waals surface area contributed by atoms with E-state index in [0.717, 1.165) is 27.8 Å². The van der Waals surface area contributed by atoms with Gasteiger partial charge in [0.25, 0.3) is 0 Å². The van der Waals surface area contributed by atoms with Crippen molar-refractivity contribution in [2.75, 3.05) is 19.0 Å². The number of nitrogens with one attached hydrogen (secondary N) is 1. The Kier molecular flexibility index (Phi) is 5.74. The molecule has 4 nitrogen and oxygen atoms in total. The largest absolute Gasteiger partial charge is 0.493 e. The normalized spacial score (nSPS) is 10.5. The number of hydrogen-bond donors (Lipinski definition) is 1. The highest BCUT2D eigenvalue weighted by Crippen LogP contribution is 2.28. The first kappa shape index (κ1) is 17.8. The molecule has 0 atom stereocenters. The average Bonchev–Trinajstić information content (AvgIpc) is 2.67. The third kappa shape index (κ3) is 4.14. The van der Waals surface area contributed by atoms with E-state index in [2.05, 4.69) is 5.32 Å². The van der Waals surface area contributed by atoms with Crippen LogP contribution in [0.25, 0.3) is 10.8 Å². The van der Waals surface area contributed by atoms with Gasteiger partial charge in [0.15, 0.2) is 11.5 Å². The first-order valence-corrected chi connectivity index (χ1v) is 8.78. The summed E-state index contributed by atoms with van der Waals surface area (Å²) in [7, 11) is 1.62. The summed E-state index contributed by atoms with van der Waals surface area (Å²) < 4.78 is 10.9. The van der Waals surface area contributed by atoms with E-state index in [-0.39, 0.29) is 5.91 Å². The highest BCUT2D eigenvalue weighted by Gasteiger charge is 2.09. The van der Waals surface area contributed by atoms with Crippen molar-refractivity contribution in [3.05, 3.63) is 66.2 Å². The van der Waals surface area contributed by atoms with Crippen molar-refractivity contribution in [3.63, 3.8) is 0 Å². The van der Waals surface area contributed by atoms with Gasteiger partial charge in [-0.25, -0.2) is 0 Å². The Morgan fingerprint density at radius 2 is 1.81 bits per heavy atom. The van der Waals surface area contributed by atoms with Crippen LogP contribution in [0.15, 0.2) is 60.7 Å². The number of rotatable bonds is 7. The minimum atomic E-state index is -0.00537. The van der Waals surface area contributed by atoms with E-state index in [9.17, 15) is 4.79 Å². The van der Waals surface area contributed by atoms with E-state index < -0.39 is 0 Å². The van der Waals surface area contributed by atoms with Crippen molar-refractivity contribution in [1.29, 1.82) is 0 Å². The van der Waals surface area contributed by atoms with Gasteiger partial charge in [-0.2, -0.15) is 0 Å². The lowest BCUT2D eigenvalue weighted by Crippen LogP contribution is -2.12. The molecule has 0 heterocycles. The lowest BCUT2D eigenvalue weighted by atomic mass is 10.1. The zero-order chi connectivity index (χ0) is 18.4. The molecule has 3 aromatic rings. The Labute approximate surface area is 153 Å². The number of aryl methyl sites for hydroxylation is 1. The van der Waals surface area contributed by atoms with Gasteiger partial charge in [0.05, 0.1) is 13.7 Å². The summed E-state index contributed by atoms with van der Waals surface area (Å²) in [6.45, 7) is 2.52. The van der Waals surface area contributed by atoms with E-state index >= 15 is 0 Å². The summed E-state index contributed by atoms with van der Waals surface area (Å²) >= 11 is 0. The third-order valence-corrected chi connectivity index (χ3v) is 4.23. The minimum absolute atomic E-state index is 0.00537. The fourth-order valence-electron chi connectivity index (χ4n) is 2.95. The number of fused-ring (bicyclic) bond motifs is 1. The molecule has 0 radical (unpaired) electrons. The molecular weight excluding hydrogens is 326 g/mol. The smallest absolute Gasteiger partial charge is 0.224 e. The van der Waals surface area contributed by atoms with Gasteiger partial charge >= 0.3 is 0 Å². The van der Waals surface area contributed by atoms with Gasteiger partial charge in [0, 0.05) is 17.5 Å². The molecule has 0 aromatic heterocycles. The number of carbonyl (C=O) groups is 1. The molecule has 0 unspecified atom stereocenters. The second kappa shape index (κ2) is 8.39. The molecular formula is C22H23NO3. The Bertz CT molecular complexity index is 900. The summed E-state index contributed by atoms with van der Waals surface area (Å²) in [6, 6.07) is 19.7. The summed E-state index contributed by atoms with van der Waals surface area (Å²) in [5, 5.41) is 5.18. The van der Waals surface area contributed by atoms with Crippen LogP contribution in [0.2, 0.25) is 0 Å². The zero-order valence-corrected chi connectivity index (χ0v) is 15.1. The van der Waals surface area contributed by atoms with Crippen molar-refractivity contribution >= 4 is 22.4 Å². The zero-order valence-electron chi connectivity index (χ0n) is 15.1. The van der Waals surface area contributed by atoms with Gasteiger partial charge in [0.1, 0.15) is 0 Å². The number of benzene rings is 3. The molecule has 0 spiro atoms. The number of methoxy groups -OCH3 is 1. The number of amides is 1. The van der Waals surface area contributed by atoms with E-state index in [0.29, 0.717) is 25.2 Å². The van der Waals surface area contributed by atoms with Crippen molar-refractivity contribution in [1.82, 2.24) is 0 Å². The van der Waals surface area contributed by atoms with Gasteiger partial charge < -0.3 is 14.8 Å². The molecule has 134 valence electrons. The monoisotopic (exact) mass is 349 g/mol. The van der Waals surface area contributed by atoms with Gasteiger partial charge in [0.2, 0.25) is 5.91 Å². The second-order valence-electron chi connectivity index (χ2n) is 5.99. The maximum absolute atomic E-state index is 12.4. The number of ether oxygens (including phenoxy) is 2. The Morgan fingerprint density at radius 1 is 1.00 bits per heavy atom. The number of carbonyl (C=O) groups excluding carboxylic acids is 1. The molecule has 0 saturated heterocycles. The first-order chi connectivity index (χ1) is 12.7. The highest BCUT2D eigenvalue weighted by molar-refractivity contribution is 6.02. The predicted octanol–water partition coefficient (Wildman–Crippen LogP) is 4.82. The van der Waals surface area contributed by atoms with Crippen LogP contribution in [0.3, 0.4) is 0 Å². The summed E-state index contributed by atoms with van der Waals surface area (Å²) in [5.41, 5.74) is 1.88. The standard InChI is InChI=1S/C22H23NO3/c1-3-26-20-13-11-16(15-21(20)25-2)12-14-22(24)23-19-10-6-8-17-7-4-5-9-18(17)19/h4-11,13,15H,3,12,14H2,1-2H3,(H,23,24). The average molecular weight is 349 g/mol. The van der Waals surface area contributed by atoms with Crippen LogP contribution >= 0.6 is 0 Å². The van der Waals surface area contributed by atoms with Gasteiger partial charge in [-0.3, -0.25) is 4.79 Å². The maximum Gasteiger partial charge on any atom is 0.224 e. The Balaban J connectivity index is 1.65. The molecule has 0 saturated carbocycles. The van der Waals surface area contributed by atoms with Crippen LogP contribution < -0.4 is 14.8 Å². The Morgan fingerprint density at radius 3 is 2.62 bits per heavy atom. The van der Waals surface area contributed by atoms with Crippen LogP contribution in [0.1, 0.15) is 18.9 Å². The SMILES string of the molecule is CCOc1ccc(CCC(=O)Nc2cccc3ccccc23)cc1OC. The molecule has 0 aliphatic heterocycles. The highest BCUT2D eigenvalue weighted by atomic mass is 16.5. The van der Waals surface area contributed by atoms with Crippen LogP contribution in [0, 0.1) is 0 Å². The molecule has 26 heavy (non-hydrogen) atoms. The van der Waals surface area contributed by atoms with Crippen molar-refractivity contribution in [3.8, 4) is 11.5 Å². The molecule has 1 amide bonds. The van der Waals surface area contributed by atoms with Crippen molar-refractivity contribution in [2.45, 2.75) is 19.8 Å². The minimum Gasteiger partial charge on any atom is -0.493 e. The van der Waals surface area contributed by atoms with Crippen LogP contribution in [0.4, 0.5) is 5.69 Å². The fraction of sp³-hybridized carbons (Fsp3) is 0.227. The quantitative estimate of drug-likeness (QED) is 0.665. The van der Waals surface area contributed by atoms with Gasteiger partial charge in [-0.15, -0.1) is 0 Å². The summed E-state index contributed by atoms with van der Waals surface area (Å²) in [6.07, 6.45) is 1.04. The van der Waals surface area contributed by atoms with Crippen molar-refractivity contribution < 1.29 is 14.3 Å². The summed E-state index contributed by atoms with van der Waals surface area (Å²) in [4.78, 5) is 12.4. The summed E-state index contributed by atoms with van der Waals surface area (Å²) in [5.74, 6) is 1.41. The predicted molar refractivity (Wildman–Crippen MR) is 105 cm³/mol.